The van der Waals surface area contributed by atoms with Crippen molar-refractivity contribution in [1.82, 2.24) is 0 Å². The van der Waals surface area contributed by atoms with Crippen molar-refractivity contribution < 1.29 is 0 Å². The minimum Gasteiger partial charge on any atom is -0.399 e. The van der Waals surface area contributed by atoms with Gasteiger partial charge in [0.2, 0.25) is 0 Å². The maximum atomic E-state index is 9.69. The molecule has 0 aromatic carbocycles. The molecule has 0 saturated carbocycles. The van der Waals surface area contributed by atoms with Gasteiger partial charge >= 0.3 is 0 Å². The molecule has 2 aliphatic rings. The van der Waals surface area contributed by atoms with Crippen LogP contribution in [-0.2, 0) is 0 Å². The number of fused-ring (bicyclic) bond motifs is 1. The second-order valence-electron chi connectivity index (χ2n) is 6.54. The monoisotopic (exact) mass is 280 g/mol. The molecule has 21 heavy (non-hydrogen) atoms. The van der Waals surface area contributed by atoms with Crippen molar-refractivity contribution in [3.8, 4) is 18.2 Å². The summed E-state index contributed by atoms with van der Waals surface area (Å²) in [6.45, 7) is 6.21. The average Bonchev–Trinajstić information content (AvgIpc) is 2.46. The predicted molar refractivity (Wildman–Crippen MR) is 78.8 cm³/mol. The van der Waals surface area contributed by atoms with Crippen molar-refractivity contribution >= 4 is 0 Å². The molecule has 2 rings (SSSR count). The number of hydrogen-bond acceptors (Lipinski definition) is 4. The van der Waals surface area contributed by atoms with E-state index >= 15 is 0 Å². The van der Waals surface area contributed by atoms with Crippen LogP contribution in [0, 0.1) is 63.1 Å². The molecule has 0 aromatic heterocycles. The van der Waals surface area contributed by atoms with Gasteiger partial charge < -0.3 is 5.73 Å². The molecule has 3 atom stereocenters. The number of nitrogens with zero attached hydrogens (tertiary/aromatic N) is 3. The van der Waals surface area contributed by atoms with Gasteiger partial charge in [-0.2, -0.15) is 15.8 Å². The zero-order valence-corrected chi connectivity index (χ0v) is 12.7. The third kappa shape index (κ3) is 2.01. The van der Waals surface area contributed by atoms with E-state index in [0.29, 0.717) is 11.5 Å². The maximum absolute atomic E-state index is 9.69. The van der Waals surface area contributed by atoms with Gasteiger partial charge in [-0.15, -0.1) is 0 Å². The van der Waals surface area contributed by atoms with Gasteiger partial charge in [-0.3, -0.25) is 0 Å². The Bertz CT molecular complexity index is 619. The van der Waals surface area contributed by atoms with E-state index in [1.54, 1.807) is 0 Å². The average molecular weight is 280 g/mol. The molecule has 0 aromatic rings. The highest BCUT2D eigenvalue weighted by molar-refractivity contribution is 5.56. The summed E-state index contributed by atoms with van der Waals surface area (Å²) in [4.78, 5) is 0. The molecule has 108 valence electrons. The van der Waals surface area contributed by atoms with Gasteiger partial charge in [0.05, 0.1) is 23.4 Å². The lowest BCUT2D eigenvalue weighted by molar-refractivity contribution is 0.158. The van der Waals surface area contributed by atoms with E-state index in [2.05, 4.69) is 31.2 Å². The van der Waals surface area contributed by atoms with Crippen LogP contribution in [0.4, 0.5) is 0 Å². The number of nitriles is 3. The van der Waals surface area contributed by atoms with Crippen LogP contribution < -0.4 is 5.73 Å². The molecular formula is C17H20N4. The Morgan fingerprint density at radius 3 is 2.38 bits per heavy atom. The second-order valence-corrected chi connectivity index (χ2v) is 6.54. The lowest BCUT2D eigenvalue weighted by atomic mass is 9.55. The molecule has 0 spiro atoms. The quantitative estimate of drug-likeness (QED) is 0.798. The minimum absolute atomic E-state index is 0.0648. The third-order valence-electron chi connectivity index (χ3n) is 4.89. The van der Waals surface area contributed by atoms with Crippen LogP contribution in [0.25, 0.3) is 0 Å². The van der Waals surface area contributed by atoms with Crippen molar-refractivity contribution in [3.05, 3.63) is 22.9 Å². The molecule has 0 amide bonds. The maximum Gasteiger partial charge on any atom is 0.187 e. The molecule has 0 heterocycles. The molecular weight excluding hydrogens is 260 g/mol. The lowest BCUT2D eigenvalue weighted by Crippen LogP contribution is -2.47. The van der Waals surface area contributed by atoms with Gasteiger partial charge in [-0.25, -0.2) is 0 Å². The van der Waals surface area contributed by atoms with Crippen molar-refractivity contribution in [1.29, 1.82) is 15.8 Å². The van der Waals surface area contributed by atoms with Crippen LogP contribution in [-0.4, -0.2) is 0 Å². The van der Waals surface area contributed by atoms with Crippen LogP contribution in [0.5, 0.6) is 0 Å². The highest BCUT2D eigenvalue weighted by Gasteiger charge is 2.54. The van der Waals surface area contributed by atoms with E-state index in [-0.39, 0.29) is 23.5 Å². The molecule has 4 nitrogen and oxygen atoms in total. The summed E-state index contributed by atoms with van der Waals surface area (Å²) in [5.41, 5.74) is 6.19. The summed E-state index contributed by atoms with van der Waals surface area (Å²) in [5.74, 6) is 0.532. The van der Waals surface area contributed by atoms with Gasteiger partial charge in [-0.1, -0.05) is 26.8 Å². The highest BCUT2D eigenvalue weighted by Crippen LogP contribution is 2.54. The van der Waals surface area contributed by atoms with Gasteiger partial charge in [-0.05, 0) is 36.2 Å². The number of hydrogen-bond donors (Lipinski definition) is 1. The standard InChI is InChI=1S/C17H20N4/c1-10(2)15-13-6-11(3)4-5-12(13)14(7-18)16(21)17(15,8-19)9-20/h5,10-11,13,15H,4,6,21H2,1-3H3/t11-,13-,15-/m1/s1. The van der Waals surface area contributed by atoms with Crippen LogP contribution >= 0.6 is 0 Å². The number of rotatable bonds is 1. The van der Waals surface area contributed by atoms with E-state index in [9.17, 15) is 15.8 Å². The van der Waals surface area contributed by atoms with Crippen molar-refractivity contribution in [2.45, 2.75) is 33.6 Å². The van der Waals surface area contributed by atoms with E-state index in [1.165, 1.54) is 0 Å². The Hall–Kier alpha value is -2.25. The van der Waals surface area contributed by atoms with Gasteiger partial charge in [0.15, 0.2) is 5.41 Å². The molecule has 0 saturated heterocycles. The van der Waals surface area contributed by atoms with Crippen molar-refractivity contribution in [3.63, 3.8) is 0 Å². The Kier molecular flexibility index (Phi) is 3.80. The lowest BCUT2D eigenvalue weighted by Gasteiger charge is -2.46. The highest BCUT2D eigenvalue weighted by atomic mass is 14.7. The van der Waals surface area contributed by atoms with E-state index in [4.69, 9.17) is 5.73 Å². The van der Waals surface area contributed by atoms with Crippen LogP contribution in [0.2, 0.25) is 0 Å². The SMILES string of the molecule is CC(C)[C@@H]1[C@@H]2C[C@H](C)CC=C2C(C#N)=C(N)C1(C#N)C#N. The Balaban J connectivity index is 2.77. The normalized spacial score (nSPS) is 30.7. The molecule has 4 heteroatoms. The van der Waals surface area contributed by atoms with Crippen molar-refractivity contribution in [2.75, 3.05) is 0 Å². The largest absolute Gasteiger partial charge is 0.399 e. The van der Waals surface area contributed by atoms with Crippen molar-refractivity contribution in [2.24, 2.45) is 34.8 Å². The summed E-state index contributed by atoms with van der Waals surface area (Å²) in [6, 6.07) is 6.41. The van der Waals surface area contributed by atoms with Crippen LogP contribution in [0.1, 0.15) is 33.6 Å². The topological polar surface area (TPSA) is 97.4 Å². The first-order valence-electron chi connectivity index (χ1n) is 7.36. The first-order chi connectivity index (χ1) is 9.92. The van der Waals surface area contributed by atoms with E-state index in [1.807, 2.05) is 13.8 Å². The van der Waals surface area contributed by atoms with Crippen LogP contribution in [0.15, 0.2) is 22.9 Å². The number of allylic oxidation sites excluding steroid dienone is 4. The molecule has 0 bridgehead atoms. The zero-order chi connectivity index (χ0) is 15.8. The van der Waals surface area contributed by atoms with Gasteiger partial charge in [0.25, 0.3) is 0 Å². The summed E-state index contributed by atoms with van der Waals surface area (Å²) in [6.07, 6.45) is 3.90. The minimum atomic E-state index is -1.39. The Morgan fingerprint density at radius 1 is 1.29 bits per heavy atom. The fourth-order valence-electron chi connectivity index (χ4n) is 3.98. The Morgan fingerprint density at radius 2 is 1.90 bits per heavy atom. The molecule has 2 N–H and O–H groups in total. The fraction of sp³-hybridized carbons (Fsp3) is 0.588. The van der Waals surface area contributed by atoms with Gasteiger partial charge in [0.1, 0.15) is 6.07 Å². The Labute approximate surface area is 126 Å². The van der Waals surface area contributed by atoms with E-state index in [0.717, 1.165) is 18.4 Å². The summed E-state index contributed by atoms with van der Waals surface area (Å²) < 4.78 is 0. The zero-order valence-electron chi connectivity index (χ0n) is 12.7. The molecule has 0 radical (unpaired) electrons. The first-order valence-corrected chi connectivity index (χ1v) is 7.36. The van der Waals surface area contributed by atoms with Gasteiger partial charge in [0, 0.05) is 5.92 Å². The summed E-state index contributed by atoms with van der Waals surface area (Å²) in [5, 5.41) is 28.8. The fourth-order valence-corrected chi connectivity index (χ4v) is 3.98. The molecule has 0 fully saturated rings. The first kappa shape index (κ1) is 15.1. The molecule has 0 aliphatic heterocycles. The summed E-state index contributed by atoms with van der Waals surface area (Å²) >= 11 is 0. The number of nitrogens with two attached hydrogens (primary N) is 1. The smallest absolute Gasteiger partial charge is 0.187 e. The predicted octanol–water partition coefficient (Wildman–Crippen LogP) is 3.01. The van der Waals surface area contributed by atoms with Crippen LogP contribution in [0.3, 0.4) is 0 Å². The third-order valence-corrected chi connectivity index (χ3v) is 4.89. The van der Waals surface area contributed by atoms with E-state index < -0.39 is 5.41 Å². The summed E-state index contributed by atoms with van der Waals surface area (Å²) in [7, 11) is 0. The molecule has 2 aliphatic carbocycles. The second kappa shape index (κ2) is 5.27. The molecule has 0 unspecified atom stereocenters.